The summed E-state index contributed by atoms with van der Waals surface area (Å²) in [6, 6.07) is 9.66. The zero-order valence-electron chi connectivity index (χ0n) is 19.3. The molecule has 3 heterocycles. The molecule has 0 radical (unpaired) electrons. The summed E-state index contributed by atoms with van der Waals surface area (Å²) in [6.45, 7) is 0.807. The van der Waals surface area contributed by atoms with Gasteiger partial charge in [-0.3, -0.25) is 0 Å². The SMILES string of the molecule is COc1cc(NC(=O)Nc2ccc(Nc3ncnc4cc(OC)c5c(c34)OCCO5)cc2Cl)ccn1. The summed E-state index contributed by atoms with van der Waals surface area (Å²) in [7, 11) is 3.06. The van der Waals surface area contributed by atoms with Crippen molar-refractivity contribution in [3.63, 3.8) is 0 Å². The van der Waals surface area contributed by atoms with E-state index in [1.807, 2.05) is 0 Å². The van der Waals surface area contributed by atoms with Crippen molar-refractivity contribution in [2.45, 2.75) is 0 Å². The maximum Gasteiger partial charge on any atom is 0.323 e. The highest BCUT2D eigenvalue weighted by Crippen LogP contribution is 2.47. The number of carbonyl (C=O) groups is 1. The first-order valence-electron chi connectivity index (χ1n) is 10.8. The molecule has 11 nitrogen and oxygen atoms in total. The van der Waals surface area contributed by atoms with Gasteiger partial charge in [-0.05, 0) is 24.3 Å². The number of anilines is 4. The molecule has 0 atom stereocenters. The summed E-state index contributed by atoms with van der Waals surface area (Å²) in [5, 5.41) is 9.65. The Hall–Kier alpha value is -4.51. The van der Waals surface area contributed by atoms with Crippen LogP contribution in [-0.4, -0.2) is 48.4 Å². The second-order valence-electron chi connectivity index (χ2n) is 7.54. The molecule has 4 aromatic rings. The van der Waals surface area contributed by atoms with Crippen molar-refractivity contribution in [3.8, 4) is 23.1 Å². The zero-order chi connectivity index (χ0) is 25.1. The lowest BCUT2D eigenvalue weighted by molar-refractivity contribution is 0.167. The van der Waals surface area contributed by atoms with E-state index in [0.29, 0.717) is 75.1 Å². The molecule has 184 valence electrons. The fraction of sp³-hybridized carbons (Fsp3) is 0.167. The third kappa shape index (κ3) is 4.68. The van der Waals surface area contributed by atoms with Crippen LogP contribution in [0.3, 0.4) is 0 Å². The van der Waals surface area contributed by atoms with Crippen LogP contribution in [0.4, 0.5) is 27.7 Å². The van der Waals surface area contributed by atoms with Gasteiger partial charge in [0, 0.05) is 29.7 Å². The standard InChI is InChI=1S/C24H21ClN6O5/c1-33-18-11-17-20(22-21(18)35-7-8-36-22)23(28-12-27-17)29-13-3-4-16(15(25)9-13)31-24(32)30-14-5-6-26-19(10-14)34-2/h3-6,9-12H,7-8H2,1-2H3,(H,27,28,29)(H2,26,30,31,32). The summed E-state index contributed by atoms with van der Waals surface area (Å²) in [4.78, 5) is 25.2. The lowest BCUT2D eigenvalue weighted by Crippen LogP contribution is -2.19. The van der Waals surface area contributed by atoms with Gasteiger partial charge in [-0.25, -0.2) is 19.7 Å². The van der Waals surface area contributed by atoms with Gasteiger partial charge in [0.2, 0.25) is 11.6 Å². The lowest BCUT2D eigenvalue weighted by Gasteiger charge is -2.23. The van der Waals surface area contributed by atoms with E-state index in [1.165, 1.54) is 19.6 Å². The molecule has 2 amide bonds. The molecule has 0 bridgehead atoms. The molecule has 0 aliphatic carbocycles. The van der Waals surface area contributed by atoms with E-state index in [9.17, 15) is 4.79 Å². The highest BCUT2D eigenvalue weighted by molar-refractivity contribution is 6.34. The summed E-state index contributed by atoms with van der Waals surface area (Å²) < 4.78 is 22.2. The van der Waals surface area contributed by atoms with Gasteiger partial charge < -0.3 is 34.9 Å². The van der Waals surface area contributed by atoms with Gasteiger partial charge >= 0.3 is 6.03 Å². The monoisotopic (exact) mass is 508 g/mol. The Kier molecular flexibility index (Phi) is 6.46. The van der Waals surface area contributed by atoms with Crippen molar-refractivity contribution in [2.75, 3.05) is 43.4 Å². The first-order valence-corrected chi connectivity index (χ1v) is 11.2. The second-order valence-corrected chi connectivity index (χ2v) is 7.94. The van der Waals surface area contributed by atoms with Crippen molar-refractivity contribution in [2.24, 2.45) is 0 Å². The van der Waals surface area contributed by atoms with Gasteiger partial charge in [-0.1, -0.05) is 11.6 Å². The Labute approximate surface area is 210 Å². The lowest BCUT2D eigenvalue weighted by atomic mass is 10.1. The largest absolute Gasteiger partial charge is 0.493 e. The number of pyridine rings is 1. The quantitative estimate of drug-likeness (QED) is 0.334. The fourth-order valence-corrected chi connectivity index (χ4v) is 3.90. The summed E-state index contributed by atoms with van der Waals surface area (Å²) >= 11 is 6.46. The van der Waals surface area contributed by atoms with Crippen LogP contribution in [0.2, 0.25) is 5.02 Å². The molecular formula is C24H21ClN6O5. The van der Waals surface area contributed by atoms with E-state index < -0.39 is 6.03 Å². The van der Waals surface area contributed by atoms with Crippen LogP contribution >= 0.6 is 11.6 Å². The molecule has 0 spiro atoms. The molecule has 12 heteroatoms. The first-order chi connectivity index (χ1) is 17.6. The molecule has 1 aliphatic heterocycles. The molecule has 0 saturated carbocycles. The van der Waals surface area contributed by atoms with Gasteiger partial charge in [0.25, 0.3) is 0 Å². The highest BCUT2D eigenvalue weighted by Gasteiger charge is 2.24. The summed E-state index contributed by atoms with van der Waals surface area (Å²) in [5.41, 5.74) is 2.22. The molecule has 36 heavy (non-hydrogen) atoms. The van der Waals surface area contributed by atoms with E-state index in [-0.39, 0.29) is 0 Å². The van der Waals surface area contributed by atoms with Crippen LogP contribution in [0.5, 0.6) is 23.1 Å². The van der Waals surface area contributed by atoms with Crippen molar-refractivity contribution >= 4 is 51.4 Å². The number of aromatic nitrogens is 3. The number of ether oxygens (including phenoxy) is 4. The maximum absolute atomic E-state index is 12.4. The molecule has 1 aliphatic rings. The molecule has 0 unspecified atom stereocenters. The first kappa shape index (κ1) is 23.2. The number of hydrogen-bond acceptors (Lipinski definition) is 9. The predicted molar refractivity (Wildman–Crippen MR) is 135 cm³/mol. The van der Waals surface area contributed by atoms with E-state index in [4.69, 9.17) is 30.5 Å². The van der Waals surface area contributed by atoms with E-state index in [1.54, 1.807) is 43.5 Å². The van der Waals surface area contributed by atoms with Crippen LogP contribution < -0.4 is 34.9 Å². The van der Waals surface area contributed by atoms with E-state index >= 15 is 0 Å². The minimum Gasteiger partial charge on any atom is -0.493 e. The van der Waals surface area contributed by atoms with Gasteiger partial charge in [0.05, 0.1) is 35.8 Å². The highest BCUT2D eigenvalue weighted by atomic mass is 35.5. The number of rotatable bonds is 6. The van der Waals surface area contributed by atoms with Gasteiger partial charge in [-0.2, -0.15) is 0 Å². The number of benzene rings is 2. The number of methoxy groups -OCH3 is 2. The maximum atomic E-state index is 12.4. The number of fused-ring (bicyclic) bond motifs is 3. The number of urea groups is 1. The average molecular weight is 509 g/mol. The molecule has 2 aromatic carbocycles. The van der Waals surface area contributed by atoms with Crippen molar-refractivity contribution in [1.82, 2.24) is 15.0 Å². The number of nitrogens with zero attached hydrogens (tertiary/aromatic N) is 3. The van der Waals surface area contributed by atoms with E-state index in [2.05, 4.69) is 30.9 Å². The van der Waals surface area contributed by atoms with Gasteiger partial charge in [0.15, 0.2) is 11.5 Å². The minimum atomic E-state index is -0.467. The average Bonchev–Trinajstić information content (AvgIpc) is 2.90. The van der Waals surface area contributed by atoms with Crippen molar-refractivity contribution in [3.05, 3.63) is 53.9 Å². The second kappa shape index (κ2) is 10.0. The van der Waals surface area contributed by atoms with Gasteiger partial charge in [-0.15, -0.1) is 0 Å². The van der Waals surface area contributed by atoms with Crippen LogP contribution in [0.25, 0.3) is 10.9 Å². The van der Waals surface area contributed by atoms with Gasteiger partial charge in [0.1, 0.15) is 25.4 Å². The number of nitrogens with one attached hydrogen (secondary N) is 3. The molecule has 0 fully saturated rings. The Morgan fingerprint density at radius 1 is 0.944 bits per heavy atom. The zero-order valence-corrected chi connectivity index (χ0v) is 20.0. The molecule has 3 N–H and O–H groups in total. The molecule has 0 saturated heterocycles. The Morgan fingerprint density at radius 2 is 1.78 bits per heavy atom. The van der Waals surface area contributed by atoms with Crippen molar-refractivity contribution in [1.29, 1.82) is 0 Å². The Morgan fingerprint density at radius 3 is 2.56 bits per heavy atom. The summed E-state index contributed by atoms with van der Waals surface area (Å²) in [5.74, 6) is 2.43. The number of hydrogen-bond donors (Lipinski definition) is 3. The van der Waals surface area contributed by atoms with Crippen LogP contribution in [0, 0.1) is 0 Å². The van der Waals surface area contributed by atoms with Crippen LogP contribution in [0.1, 0.15) is 0 Å². The normalized spacial score (nSPS) is 12.1. The Bertz CT molecular complexity index is 1450. The number of carbonyl (C=O) groups excluding carboxylic acids is 1. The number of amides is 2. The third-order valence-corrected chi connectivity index (χ3v) is 5.59. The Balaban J connectivity index is 1.37. The predicted octanol–water partition coefficient (Wildman–Crippen LogP) is 4.85. The fourth-order valence-electron chi connectivity index (χ4n) is 3.67. The number of halogens is 1. The topological polar surface area (TPSA) is 129 Å². The van der Waals surface area contributed by atoms with E-state index in [0.717, 1.165) is 0 Å². The van der Waals surface area contributed by atoms with Crippen molar-refractivity contribution < 1.29 is 23.7 Å². The molecule has 5 rings (SSSR count). The smallest absolute Gasteiger partial charge is 0.323 e. The molecule has 2 aromatic heterocycles. The minimum absolute atomic E-state index is 0.323. The molecular weight excluding hydrogens is 488 g/mol. The summed E-state index contributed by atoms with van der Waals surface area (Å²) in [6.07, 6.45) is 2.97. The third-order valence-electron chi connectivity index (χ3n) is 5.28. The van der Waals surface area contributed by atoms with Crippen LogP contribution in [0.15, 0.2) is 48.9 Å². The van der Waals surface area contributed by atoms with Crippen LogP contribution in [-0.2, 0) is 0 Å².